The number of phenols is 1. The van der Waals surface area contributed by atoms with Crippen molar-refractivity contribution in [2.75, 3.05) is 5.32 Å². The van der Waals surface area contributed by atoms with E-state index in [1.54, 1.807) is 24.3 Å². The van der Waals surface area contributed by atoms with Crippen molar-refractivity contribution in [3.05, 3.63) is 36.4 Å². The lowest BCUT2D eigenvalue weighted by atomic mass is 10.1. The quantitative estimate of drug-likeness (QED) is 0.693. The van der Waals surface area contributed by atoms with E-state index < -0.39 is 0 Å². The van der Waals surface area contributed by atoms with Gasteiger partial charge in [0.15, 0.2) is 11.5 Å². The third-order valence-electron chi connectivity index (χ3n) is 3.37. The van der Waals surface area contributed by atoms with Crippen LogP contribution in [0.4, 0.5) is 5.82 Å². The normalized spacial score (nSPS) is 11.0. The predicted molar refractivity (Wildman–Crippen MR) is 84.5 cm³/mol. The van der Waals surface area contributed by atoms with Crippen LogP contribution >= 0.6 is 0 Å². The molecule has 2 aromatic heterocycles. The number of para-hydroxylation sites is 1. The molecule has 0 aliphatic heterocycles. The maximum Gasteiger partial charge on any atom is 0.228 e. The summed E-state index contributed by atoms with van der Waals surface area (Å²) in [6.07, 6.45) is 0. The summed E-state index contributed by atoms with van der Waals surface area (Å²) < 4.78 is 0. The number of benzene rings is 1. The van der Waals surface area contributed by atoms with Crippen LogP contribution in [0.1, 0.15) is 13.8 Å². The number of rotatable bonds is 3. The summed E-state index contributed by atoms with van der Waals surface area (Å²) in [6.45, 7) is 3.64. The van der Waals surface area contributed by atoms with Gasteiger partial charge in [0.05, 0.1) is 11.1 Å². The number of nitrogens with one attached hydrogen (secondary N) is 2. The van der Waals surface area contributed by atoms with Crippen molar-refractivity contribution in [3.8, 4) is 17.0 Å². The van der Waals surface area contributed by atoms with Crippen LogP contribution in [0.15, 0.2) is 36.4 Å². The number of amides is 1. The molecular formula is C16H16N4O2. The van der Waals surface area contributed by atoms with Gasteiger partial charge in [-0.3, -0.25) is 9.89 Å². The van der Waals surface area contributed by atoms with Crippen molar-refractivity contribution in [1.29, 1.82) is 0 Å². The number of carbonyl (C=O) groups excluding carboxylic acids is 1. The second-order valence-electron chi connectivity index (χ2n) is 5.33. The van der Waals surface area contributed by atoms with Crippen LogP contribution in [0.25, 0.3) is 22.3 Å². The summed E-state index contributed by atoms with van der Waals surface area (Å²) in [4.78, 5) is 16.2. The number of nitrogens with zero attached hydrogens (tertiary/aromatic N) is 2. The molecule has 0 saturated heterocycles. The van der Waals surface area contributed by atoms with E-state index in [0.29, 0.717) is 22.7 Å². The molecule has 2 heterocycles. The number of fused-ring (bicyclic) bond motifs is 1. The van der Waals surface area contributed by atoms with Gasteiger partial charge in [0.25, 0.3) is 0 Å². The fraction of sp³-hybridized carbons (Fsp3) is 0.188. The molecule has 0 fully saturated rings. The summed E-state index contributed by atoms with van der Waals surface area (Å²) in [6, 6.07) is 10.6. The zero-order valence-electron chi connectivity index (χ0n) is 12.3. The average molecular weight is 296 g/mol. The molecule has 0 unspecified atom stereocenters. The third kappa shape index (κ3) is 2.50. The minimum absolute atomic E-state index is 0.0989. The standard InChI is InChI=1S/C16H16N4O2/c1-9(2)16(22)18-15-11-7-8-12(17-14(11)19-20-15)10-5-3-4-6-13(10)21/h3-9,21H,1-2H3,(H2,17,18,19,20,22). The Balaban J connectivity index is 1.99. The summed E-state index contributed by atoms with van der Waals surface area (Å²) in [5.74, 6) is 0.408. The van der Waals surface area contributed by atoms with Gasteiger partial charge in [-0.1, -0.05) is 26.0 Å². The van der Waals surface area contributed by atoms with E-state index in [2.05, 4.69) is 20.5 Å². The van der Waals surface area contributed by atoms with Gasteiger partial charge in [0, 0.05) is 11.5 Å². The van der Waals surface area contributed by atoms with Gasteiger partial charge in [0.1, 0.15) is 5.75 Å². The molecule has 1 amide bonds. The molecule has 6 nitrogen and oxygen atoms in total. The lowest BCUT2D eigenvalue weighted by Gasteiger charge is -2.05. The fourth-order valence-electron chi connectivity index (χ4n) is 2.10. The Bertz CT molecular complexity index is 839. The smallest absolute Gasteiger partial charge is 0.228 e. The molecular weight excluding hydrogens is 280 g/mol. The van der Waals surface area contributed by atoms with Gasteiger partial charge in [0.2, 0.25) is 5.91 Å². The first-order chi connectivity index (χ1) is 10.6. The van der Waals surface area contributed by atoms with Crippen LogP contribution in [-0.2, 0) is 4.79 Å². The Kier molecular flexibility index (Phi) is 3.50. The maximum absolute atomic E-state index is 11.8. The number of aromatic hydroxyl groups is 1. The molecule has 0 bridgehead atoms. The number of aromatic amines is 1. The molecule has 3 N–H and O–H groups in total. The topological polar surface area (TPSA) is 90.9 Å². The first-order valence-corrected chi connectivity index (χ1v) is 7.00. The molecule has 0 spiro atoms. The van der Waals surface area contributed by atoms with Crippen molar-refractivity contribution in [2.24, 2.45) is 5.92 Å². The fourth-order valence-corrected chi connectivity index (χ4v) is 2.10. The largest absolute Gasteiger partial charge is 0.507 e. The van der Waals surface area contributed by atoms with Crippen LogP contribution in [0.2, 0.25) is 0 Å². The Hall–Kier alpha value is -2.89. The molecule has 0 saturated carbocycles. The van der Waals surface area contributed by atoms with Crippen LogP contribution in [0, 0.1) is 5.92 Å². The van der Waals surface area contributed by atoms with Gasteiger partial charge < -0.3 is 10.4 Å². The van der Waals surface area contributed by atoms with Crippen molar-refractivity contribution in [2.45, 2.75) is 13.8 Å². The van der Waals surface area contributed by atoms with Crippen molar-refractivity contribution in [1.82, 2.24) is 15.2 Å². The minimum Gasteiger partial charge on any atom is -0.507 e. The number of hydrogen-bond acceptors (Lipinski definition) is 4. The van der Waals surface area contributed by atoms with E-state index in [-0.39, 0.29) is 17.6 Å². The average Bonchev–Trinajstić information content (AvgIpc) is 2.90. The van der Waals surface area contributed by atoms with E-state index in [9.17, 15) is 9.90 Å². The summed E-state index contributed by atoms with van der Waals surface area (Å²) in [5, 5.41) is 20.3. The second kappa shape index (κ2) is 5.48. The first-order valence-electron chi connectivity index (χ1n) is 7.00. The Morgan fingerprint density at radius 3 is 2.73 bits per heavy atom. The molecule has 112 valence electrons. The minimum atomic E-state index is -0.125. The molecule has 3 aromatic rings. The van der Waals surface area contributed by atoms with E-state index in [0.717, 1.165) is 5.39 Å². The summed E-state index contributed by atoms with van der Waals surface area (Å²) >= 11 is 0. The van der Waals surface area contributed by atoms with E-state index >= 15 is 0 Å². The van der Waals surface area contributed by atoms with Crippen LogP contribution < -0.4 is 5.32 Å². The molecule has 22 heavy (non-hydrogen) atoms. The molecule has 3 rings (SSSR count). The second-order valence-corrected chi connectivity index (χ2v) is 5.33. The molecule has 1 aromatic carbocycles. The number of pyridine rings is 1. The molecule has 0 radical (unpaired) electrons. The summed E-state index contributed by atoms with van der Waals surface area (Å²) in [7, 11) is 0. The maximum atomic E-state index is 11.8. The van der Waals surface area contributed by atoms with Gasteiger partial charge in [-0.05, 0) is 24.3 Å². The molecule has 0 aliphatic rings. The van der Waals surface area contributed by atoms with Crippen molar-refractivity contribution in [3.63, 3.8) is 0 Å². The molecule has 0 atom stereocenters. The number of phenolic OH excluding ortho intramolecular Hbond substituents is 1. The van der Waals surface area contributed by atoms with Gasteiger partial charge in [-0.15, -0.1) is 0 Å². The zero-order chi connectivity index (χ0) is 15.7. The number of aromatic nitrogens is 3. The van der Waals surface area contributed by atoms with Crippen LogP contribution in [0.3, 0.4) is 0 Å². The van der Waals surface area contributed by atoms with Crippen LogP contribution in [-0.4, -0.2) is 26.2 Å². The molecule has 6 heteroatoms. The number of carbonyl (C=O) groups is 1. The zero-order valence-corrected chi connectivity index (χ0v) is 12.3. The number of hydrogen-bond donors (Lipinski definition) is 3. The SMILES string of the molecule is CC(C)C(=O)Nc1n[nH]c2nc(-c3ccccc3O)ccc12. The lowest BCUT2D eigenvalue weighted by Crippen LogP contribution is -2.18. The Morgan fingerprint density at radius 1 is 1.23 bits per heavy atom. The first kappa shape index (κ1) is 14.1. The molecule has 0 aliphatic carbocycles. The van der Waals surface area contributed by atoms with Gasteiger partial charge in [-0.25, -0.2) is 4.98 Å². The van der Waals surface area contributed by atoms with Crippen LogP contribution in [0.5, 0.6) is 5.75 Å². The highest BCUT2D eigenvalue weighted by Gasteiger charge is 2.14. The van der Waals surface area contributed by atoms with E-state index in [1.807, 2.05) is 26.0 Å². The predicted octanol–water partition coefficient (Wildman–Crippen LogP) is 2.93. The highest BCUT2D eigenvalue weighted by atomic mass is 16.3. The number of H-pyrrole nitrogens is 1. The van der Waals surface area contributed by atoms with Crippen molar-refractivity contribution < 1.29 is 9.90 Å². The van der Waals surface area contributed by atoms with Gasteiger partial charge >= 0.3 is 0 Å². The number of anilines is 1. The Morgan fingerprint density at radius 2 is 2.00 bits per heavy atom. The van der Waals surface area contributed by atoms with Crippen molar-refractivity contribution >= 4 is 22.8 Å². The highest BCUT2D eigenvalue weighted by molar-refractivity contribution is 5.99. The third-order valence-corrected chi connectivity index (χ3v) is 3.37. The van der Waals surface area contributed by atoms with Gasteiger partial charge in [-0.2, -0.15) is 5.10 Å². The monoisotopic (exact) mass is 296 g/mol. The van der Waals surface area contributed by atoms with E-state index in [1.165, 1.54) is 0 Å². The summed E-state index contributed by atoms with van der Waals surface area (Å²) in [5.41, 5.74) is 1.84. The lowest BCUT2D eigenvalue weighted by molar-refractivity contribution is -0.118. The highest BCUT2D eigenvalue weighted by Crippen LogP contribution is 2.29. The Labute approximate surface area is 127 Å². The van der Waals surface area contributed by atoms with E-state index in [4.69, 9.17) is 0 Å².